The first kappa shape index (κ1) is 15.9. The number of aromatic nitrogens is 2. The summed E-state index contributed by atoms with van der Waals surface area (Å²) in [6, 6.07) is 4.71. The summed E-state index contributed by atoms with van der Waals surface area (Å²) >= 11 is 0. The Balaban J connectivity index is 2.89. The van der Waals surface area contributed by atoms with Crippen molar-refractivity contribution in [2.45, 2.75) is 53.1 Å². The average Bonchev–Trinajstić information content (AvgIpc) is 2.40. The molecule has 1 N–H and O–H groups in total. The molecule has 4 heteroatoms. The number of nitrogens with zero attached hydrogens (tertiary/aromatic N) is 3. The van der Waals surface area contributed by atoms with Crippen molar-refractivity contribution in [1.29, 1.82) is 0 Å². The van der Waals surface area contributed by atoms with Gasteiger partial charge >= 0.3 is 0 Å². The van der Waals surface area contributed by atoms with Crippen LogP contribution in [0.4, 0.5) is 5.82 Å². The van der Waals surface area contributed by atoms with Crippen LogP contribution in [0.15, 0.2) is 12.1 Å². The second-order valence-electron chi connectivity index (χ2n) is 5.43. The van der Waals surface area contributed by atoms with Crippen molar-refractivity contribution >= 4 is 5.82 Å². The standard InChI is InChI=1S/C15H28N4/c1-6-14(7-2)19(11-12(3)4)15-9-8-13(10-16-5)17-18-15/h8-9,12,14,16H,6-7,10-11H2,1-5H3. The van der Waals surface area contributed by atoms with Gasteiger partial charge in [-0.05, 0) is 37.9 Å². The largest absolute Gasteiger partial charge is 0.352 e. The van der Waals surface area contributed by atoms with Crippen molar-refractivity contribution in [1.82, 2.24) is 15.5 Å². The lowest BCUT2D eigenvalue weighted by Gasteiger charge is -2.32. The fourth-order valence-electron chi connectivity index (χ4n) is 2.33. The maximum Gasteiger partial charge on any atom is 0.151 e. The van der Waals surface area contributed by atoms with E-state index in [1.807, 2.05) is 7.05 Å². The van der Waals surface area contributed by atoms with Crippen molar-refractivity contribution in [2.75, 3.05) is 18.5 Å². The maximum atomic E-state index is 4.40. The van der Waals surface area contributed by atoms with Gasteiger partial charge in [0, 0.05) is 19.1 Å². The summed E-state index contributed by atoms with van der Waals surface area (Å²) < 4.78 is 0. The van der Waals surface area contributed by atoms with E-state index in [0.29, 0.717) is 12.0 Å². The van der Waals surface area contributed by atoms with Gasteiger partial charge in [0.2, 0.25) is 0 Å². The SMILES string of the molecule is CCC(CC)N(CC(C)C)c1ccc(CNC)nn1. The number of rotatable bonds is 8. The molecule has 0 atom stereocenters. The zero-order valence-electron chi connectivity index (χ0n) is 13.0. The molecular weight excluding hydrogens is 236 g/mol. The summed E-state index contributed by atoms with van der Waals surface area (Å²) in [5.74, 6) is 1.63. The minimum atomic E-state index is 0.548. The number of hydrogen-bond acceptors (Lipinski definition) is 4. The normalized spacial score (nSPS) is 11.3. The third-order valence-electron chi connectivity index (χ3n) is 3.30. The Bertz CT molecular complexity index is 344. The van der Waals surface area contributed by atoms with E-state index in [4.69, 9.17) is 0 Å². The molecule has 1 heterocycles. The lowest BCUT2D eigenvalue weighted by atomic mass is 10.1. The van der Waals surface area contributed by atoms with Crippen LogP contribution in [0.25, 0.3) is 0 Å². The summed E-state index contributed by atoms with van der Waals surface area (Å²) in [5, 5.41) is 11.8. The van der Waals surface area contributed by atoms with Crippen LogP contribution in [0, 0.1) is 5.92 Å². The lowest BCUT2D eigenvalue weighted by molar-refractivity contribution is 0.501. The molecule has 0 amide bonds. The number of hydrogen-bond donors (Lipinski definition) is 1. The smallest absolute Gasteiger partial charge is 0.151 e. The van der Waals surface area contributed by atoms with Gasteiger partial charge in [-0.15, -0.1) is 5.10 Å². The number of anilines is 1. The molecule has 1 rings (SSSR count). The van der Waals surface area contributed by atoms with Crippen molar-refractivity contribution in [3.8, 4) is 0 Å². The number of nitrogens with one attached hydrogen (secondary N) is 1. The van der Waals surface area contributed by atoms with Crippen LogP contribution >= 0.6 is 0 Å². The average molecular weight is 264 g/mol. The quantitative estimate of drug-likeness (QED) is 0.784. The van der Waals surface area contributed by atoms with Gasteiger partial charge < -0.3 is 10.2 Å². The Morgan fingerprint density at radius 1 is 1.16 bits per heavy atom. The first-order valence-corrected chi connectivity index (χ1v) is 7.36. The van der Waals surface area contributed by atoms with Crippen LogP contribution in [0.5, 0.6) is 0 Å². The second kappa shape index (κ2) is 8.10. The van der Waals surface area contributed by atoms with E-state index in [9.17, 15) is 0 Å². The molecule has 0 aliphatic rings. The molecule has 1 aromatic rings. The van der Waals surface area contributed by atoms with Crippen LogP contribution in [-0.2, 0) is 6.54 Å². The Morgan fingerprint density at radius 2 is 1.84 bits per heavy atom. The summed E-state index contributed by atoms with van der Waals surface area (Å²) in [6.45, 7) is 10.8. The predicted molar refractivity (Wildman–Crippen MR) is 81.3 cm³/mol. The molecule has 0 saturated heterocycles. The predicted octanol–water partition coefficient (Wildman–Crippen LogP) is 2.85. The minimum absolute atomic E-state index is 0.548. The van der Waals surface area contributed by atoms with Gasteiger partial charge in [-0.25, -0.2) is 0 Å². The Hall–Kier alpha value is -1.16. The molecule has 1 aromatic heterocycles. The molecular formula is C15H28N4. The Morgan fingerprint density at radius 3 is 2.26 bits per heavy atom. The van der Waals surface area contributed by atoms with Crippen molar-refractivity contribution in [3.63, 3.8) is 0 Å². The minimum Gasteiger partial charge on any atom is -0.352 e. The van der Waals surface area contributed by atoms with Crippen molar-refractivity contribution in [2.24, 2.45) is 5.92 Å². The Kier molecular flexibility index (Phi) is 6.78. The summed E-state index contributed by atoms with van der Waals surface area (Å²) in [5.41, 5.74) is 0.986. The molecule has 0 fully saturated rings. The van der Waals surface area contributed by atoms with E-state index in [-0.39, 0.29) is 0 Å². The first-order valence-electron chi connectivity index (χ1n) is 7.36. The van der Waals surface area contributed by atoms with E-state index in [2.05, 4.69) is 60.2 Å². The van der Waals surface area contributed by atoms with Gasteiger partial charge in [-0.1, -0.05) is 27.7 Å². The molecule has 0 aliphatic carbocycles. The van der Waals surface area contributed by atoms with Crippen molar-refractivity contribution in [3.05, 3.63) is 17.8 Å². The highest BCUT2D eigenvalue weighted by molar-refractivity contribution is 5.38. The van der Waals surface area contributed by atoms with Crippen LogP contribution in [0.2, 0.25) is 0 Å². The first-order chi connectivity index (χ1) is 9.12. The molecule has 0 saturated carbocycles. The summed E-state index contributed by atoms with van der Waals surface area (Å²) in [6.07, 6.45) is 2.28. The van der Waals surface area contributed by atoms with Gasteiger partial charge in [0.05, 0.1) is 5.69 Å². The van der Waals surface area contributed by atoms with Crippen LogP contribution < -0.4 is 10.2 Å². The third-order valence-corrected chi connectivity index (χ3v) is 3.30. The van der Waals surface area contributed by atoms with E-state index in [1.165, 1.54) is 0 Å². The van der Waals surface area contributed by atoms with E-state index < -0.39 is 0 Å². The molecule has 108 valence electrons. The van der Waals surface area contributed by atoms with E-state index in [0.717, 1.165) is 37.4 Å². The highest BCUT2D eigenvalue weighted by Gasteiger charge is 2.18. The molecule has 0 aliphatic heterocycles. The highest BCUT2D eigenvalue weighted by Crippen LogP contribution is 2.19. The fourth-order valence-corrected chi connectivity index (χ4v) is 2.33. The lowest BCUT2D eigenvalue weighted by Crippen LogP contribution is -2.38. The van der Waals surface area contributed by atoms with E-state index >= 15 is 0 Å². The van der Waals surface area contributed by atoms with Gasteiger partial charge in [-0.3, -0.25) is 0 Å². The van der Waals surface area contributed by atoms with Crippen molar-refractivity contribution < 1.29 is 0 Å². The summed E-state index contributed by atoms with van der Waals surface area (Å²) in [7, 11) is 1.92. The zero-order chi connectivity index (χ0) is 14.3. The summed E-state index contributed by atoms with van der Waals surface area (Å²) in [4.78, 5) is 2.40. The molecule has 0 aromatic carbocycles. The molecule has 19 heavy (non-hydrogen) atoms. The van der Waals surface area contributed by atoms with Crippen LogP contribution in [-0.4, -0.2) is 29.8 Å². The van der Waals surface area contributed by atoms with Gasteiger partial charge in [0.25, 0.3) is 0 Å². The van der Waals surface area contributed by atoms with Gasteiger partial charge in [-0.2, -0.15) is 5.10 Å². The monoisotopic (exact) mass is 264 g/mol. The molecule has 0 spiro atoms. The fraction of sp³-hybridized carbons (Fsp3) is 0.733. The van der Waals surface area contributed by atoms with Crippen LogP contribution in [0.3, 0.4) is 0 Å². The van der Waals surface area contributed by atoms with E-state index in [1.54, 1.807) is 0 Å². The Labute approximate surface area is 117 Å². The maximum absolute atomic E-state index is 4.40. The topological polar surface area (TPSA) is 41.0 Å². The zero-order valence-corrected chi connectivity index (χ0v) is 13.0. The molecule has 0 bridgehead atoms. The third kappa shape index (κ3) is 4.78. The second-order valence-corrected chi connectivity index (χ2v) is 5.43. The van der Waals surface area contributed by atoms with Gasteiger partial charge in [0.1, 0.15) is 0 Å². The van der Waals surface area contributed by atoms with Gasteiger partial charge in [0.15, 0.2) is 5.82 Å². The van der Waals surface area contributed by atoms with Crippen LogP contribution in [0.1, 0.15) is 46.2 Å². The highest BCUT2D eigenvalue weighted by atomic mass is 15.3. The molecule has 0 unspecified atom stereocenters. The molecule has 4 nitrogen and oxygen atoms in total. The molecule has 0 radical (unpaired) electrons.